The molecule has 0 bridgehead atoms. The van der Waals surface area contributed by atoms with Crippen molar-refractivity contribution in [3.63, 3.8) is 0 Å². The Morgan fingerprint density at radius 2 is 1.91 bits per heavy atom. The van der Waals surface area contributed by atoms with Crippen LogP contribution in [0.2, 0.25) is 0 Å². The maximum atomic E-state index is 12.7. The molecule has 2 amide bonds. The molecule has 2 aromatic carbocycles. The van der Waals surface area contributed by atoms with Crippen LogP contribution in [0.15, 0.2) is 57.7 Å². The summed E-state index contributed by atoms with van der Waals surface area (Å²) in [6.07, 6.45) is 1.12. The molecule has 0 radical (unpaired) electrons. The summed E-state index contributed by atoms with van der Waals surface area (Å²) in [6.45, 7) is 2.01. The molecule has 0 spiro atoms. The van der Waals surface area contributed by atoms with Crippen LogP contribution in [0, 0.1) is 5.92 Å². The van der Waals surface area contributed by atoms with Crippen molar-refractivity contribution in [3.8, 4) is 17.1 Å². The van der Waals surface area contributed by atoms with Gasteiger partial charge in [-0.3, -0.25) is 14.4 Å². The number of nitrogens with one attached hydrogen (secondary N) is 1. The molecule has 178 valence electrons. The first-order chi connectivity index (χ1) is 16.3. The molecule has 4 rings (SSSR count). The molecule has 1 aromatic heterocycles. The monoisotopic (exact) mass is 463 g/mol. The van der Waals surface area contributed by atoms with E-state index in [4.69, 9.17) is 9.15 Å². The highest BCUT2D eigenvalue weighted by molar-refractivity contribution is 5.97. The maximum absolute atomic E-state index is 12.7. The van der Waals surface area contributed by atoms with Gasteiger partial charge in [0, 0.05) is 36.8 Å². The summed E-state index contributed by atoms with van der Waals surface area (Å²) < 4.78 is 11.1. The molecule has 1 N–H and O–H groups in total. The number of likely N-dealkylation sites (tertiary alicyclic amines) is 1. The average molecular weight is 464 g/mol. The molecule has 0 saturated carbocycles. The third kappa shape index (κ3) is 5.28. The standard InChI is InChI=1S/C26H29N3O5/c1-28(2)11-4-12-29-16-18(13-25(29)31)26(32)27-19-7-5-17(6-8-19)24-15-22(30)21-14-20(33-3)9-10-23(21)34-24/h5-10,14-15,18H,4,11-13,16H2,1-3H3,(H,27,32). The lowest BCUT2D eigenvalue weighted by atomic mass is 10.1. The molecule has 2 heterocycles. The Hall–Kier alpha value is -3.65. The number of rotatable bonds is 8. The van der Waals surface area contributed by atoms with Crippen LogP contribution in [0.25, 0.3) is 22.3 Å². The van der Waals surface area contributed by atoms with Crippen molar-refractivity contribution >= 4 is 28.5 Å². The number of carbonyl (C=O) groups is 2. The van der Waals surface area contributed by atoms with Crippen molar-refractivity contribution in [2.45, 2.75) is 12.8 Å². The highest BCUT2D eigenvalue weighted by Crippen LogP contribution is 2.26. The number of anilines is 1. The Bertz CT molecular complexity index is 1250. The fraction of sp³-hybridized carbons (Fsp3) is 0.346. The first-order valence-corrected chi connectivity index (χ1v) is 11.3. The fourth-order valence-corrected chi connectivity index (χ4v) is 4.11. The van der Waals surface area contributed by atoms with E-state index in [1.165, 1.54) is 6.07 Å². The van der Waals surface area contributed by atoms with Gasteiger partial charge in [0.05, 0.1) is 18.4 Å². The van der Waals surface area contributed by atoms with Crippen molar-refractivity contribution in [3.05, 3.63) is 58.8 Å². The zero-order valence-corrected chi connectivity index (χ0v) is 19.7. The second-order valence-corrected chi connectivity index (χ2v) is 8.80. The van der Waals surface area contributed by atoms with Crippen LogP contribution in [0.5, 0.6) is 5.75 Å². The van der Waals surface area contributed by atoms with Crippen LogP contribution < -0.4 is 15.5 Å². The molecular weight excluding hydrogens is 434 g/mol. The van der Waals surface area contributed by atoms with Gasteiger partial charge in [-0.25, -0.2) is 0 Å². The lowest BCUT2D eigenvalue weighted by Crippen LogP contribution is -2.30. The number of hydrogen-bond donors (Lipinski definition) is 1. The first-order valence-electron chi connectivity index (χ1n) is 11.3. The summed E-state index contributed by atoms with van der Waals surface area (Å²) in [4.78, 5) is 41.4. The topological polar surface area (TPSA) is 92.1 Å². The highest BCUT2D eigenvalue weighted by atomic mass is 16.5. The molecule has 8 nitrogen and oxygen atoms in total. The summed E-state index contributed by atoms with van der Waals surface area (Å²) in [6, 6.07) is 13.7. The van der Waals surface area contributed by atoms with Crippen molar-refractivity contribution < 1.29 is 18.7 Å². The zero-order valence-electron chi connectivity index (χ0n) is 19.7. The van der Waals surface area contributed by atoms with Crippen LogP contribution in [-0.4, -0.2) is 62.5 Å². The molecule has 1 aliphatic rings. The third-order valence-corrected chi connectivity index (χ3v) is 5.99. The largest absolute Gasteiger partial charge is 0.497 e. The SMILES string of the molecule is COc1ccc2oc(-c3ccc(NC(=O)C4CC(=O)N(CCCN(C)C)C4)cc3)cc(=O)c2c1. The summed E-state index contributed by atoms with van der Waals surface area (Å²) in [7, 11) is 5.54. The molecule has 3 aromatic rings. The van der Waals surface area contributed by atoms with E-state index in [0.717, 1.165) is 18.5 Å². The molecule has 1 saturated heterocycles. The number of fused-ring (bicyclic) bond motifs is 1. The van der Waals surface area contributed by atoms with Crippen LogP contribution in [0.3, 0.4) is 0 Å². The number of hydrogen-bond acceptors (Lipinski definition) is 6. The van der Waals surface area contributed by atoms with Crippen molar-refractivity contribution in [2.24, 2.45) is 5.92 Å². The van der Waals surface area contributed by atoms with Gasteiger partial charge in [0.2, 0.25) is 11.8 Å². The summed E-state index contributed by atoms with van der Waals surface area (Å²) in [5, 5.41) is 3.35. The van der Waals surface area contributed by atoms with Crippen LogP contribution in [0.1, 0.15) is 12.8 Å². The predicted molar refractivity (Wildman–Crippen MR) is 131 cm³/mol. The lowest BCUT2D eigenvalue weighted by molar-refractivity contribution is -0.128. The Morgan fingerprint density at radius 3 is 2.62 bits per heavy atom. The Labute approximate surface area is 198 Å². The second-order valence-electron chi connectivity index (χ2n) is 8.80. The van der Waals surface area contributed by atoms with Crippen molar-refractivity contribution in [1.29, 1.82) is 0 Å². The lowest BCUT2D eigenvalue weighted by Gasteiger charge is -2.18. The number of benzene rings is 2. The highest BCUT2D eigenvalue weighted by Gasteiger charge is 2.33. The minimum atomic E-state index is -0.359. The Morgan fingerprint density at radius 1 is 1.15 bits per heavy atom. The van der Waals surface area contributed by atoms with Crippen molar-refractivity contribution in [1.82, 2.24) is 9.80 Å². The quantitative estimate of drug-likeness (QED) is 0.552. The minimum absolute atomic E-state index is 0.0261. The zero-order chi connectivity index (χ0) is 24.2. The summed E-state index contributed by atoms with van der Waals surface area (Å²) in [5.74, 6) is 0.534. The summed E-state index contributed by atoms with van der Waals surface area (Å²) in [5.41, 5.74) is 1.66. The van der Waals surface area contributed by atoms with Gasteiger partial charge < -0.3 is 24.3 Å². The van der Waals surface area contributed by atoms with Gasteiger partial charge in [0.15, 0.2) is 5.43 Å². The molecule has 0 aliphatic carbocycles. The second kappa shape index (κ2) is 10.1. The fourth-order valence-electron chi connectivity index (χ4n) is 4.11. The number of ether oxygens (including phenoxy) is 1. The van der Waals surface area contributed by atoms with E-state index in [2.05, 4.69) is 10.2 Å². The molecule has 8 heteroatoms. The van der Waals surface area contributed by atoms with Gasteiger partial charge in [-0.1, -0.05) is 0 Å². The van der Waals surface area contributed by atoms with Crippen LogP contribution in [-0.2, 0) is 9.59 Å². The first kappa shape index (κ1) is 23.5. The Balaban J connectivity index is 1.41. The number of methoxy groups -OCH3 is 1. The molecular formula is C26H29N3O5. The van der Waals surface area contributed by atoms with E-state index < -0.39 is 0 Å². The van der Waals surface area contributed by atoms with Crippen molar-refractivity contribution in [2.75, 3.05) is 46.2 Å². The van der Waals surface area contributed by atoms with E-state index >= 15 is 0 Å². The number of amides is 2. The van der Waals surface area contributed by atoms with E-state index in [9.17, 15) is 14.4 Å². The van der Waals surface area contributed by atoms with Gasteiger partial charge in [-0.2, -0.15) is 0 Å². The molecule has 1 unspecified atom stereocenters. The molecule has 1 atom stereocenters. The smallest absolute Gasteiger partial charge is 0.229 e. The van der Waals surface area contributed by atoms with Gasteiger partial charge in [0.1, 0.15) is 17.1 Å². The van der Waals surface area contributed by atoms with Gasteiger partial charge in [-0.05, 0) is 69.5 Å². The van der Waals surface area contributed by atoms with Crippen LogP contribution in [0.4, 0.5) is 5.69 Å². The summed E-state index contributed by atoms with van der Waals surface area (Å²) >= 11 is 0. The predicted octanol–water partition coefficient (Wildman–Crippen LogP) is 3.21. The van der Waals surface area contributed by atoms with E-state index in [1.54, 1.807) is 54.5 Å². The van der Waals surface area contributed by atoms with Gasteiger partial charge >= 0.3 is 0 Å². The average Bonchev–Trinajstić information content (AvgIpc) is 3.19. The van der Waals surface area contributed by atoms with E-state index in [0.29, 0.717) is 41.3 Å². The molecule has 1 aliphatic heterocycles. The van der Waals surface area contributed by atoms with Crippen LogP contribution >= 0.6 is 0 Å². The van der Waals surface area contributed by atoms with E-state index in [-0.39, 0.29) is 29.6 Å². The molecule has 34 heavy (non-hydrogen) atoms. The number of nitrogens with zero attached hydrogens (tertiary/aromatic N) is 2. The number of carbonyl (C=O) groups excluding carboxylic acids is 2. The maximum Gasteiger partial charge on any atom is 0.229 e. The Kier molecular flexibility index (Phi) is 6.98. The third-order valence-electron chi connectivity index (χ3n) is 5.99. The van der Waals surface area contributed by atoms with Gasteiger partial charge in [0.25, 0.3) is 0 Å². The van der Waals surface area contributed by atoms with E-state index in [1.807, 2.05) is 14.1 Å². The normalized spacial score (nSPS) is 15.8. The molecule has 1 fully saturated rings. The van der Waals surface area contributed by atoms with Gasteiger partial charge in [-0.15, -0.1) is 0 Å². The minimum Gasteiger partial charge on any atom is -0.497 e.